The first-order chi connectivity index (χ1) is 20.4. The predicted octanol–water partition coefficient (Wildman–Crippen LogP) is 5.98. The van der Waals surface area contributed by atoms with Gasteiger partial charge in [-0.15, -0.1) is 5.10 Å². The molecule has 3 heterocycles. The molecule has 42 heavy (non-hydrogen) atoms. The Bertz CT molecular complexity index is 1790. The molecule has 2 aromatic heterocycles. The number of halogens is 3. The number of pyridine rings is 1. The van der Waals surface area contributed by atoms with Crippen molar-refractivity contribution < 1.29 is 9.50 Å². The van der Waals surface area contributed by atoms with Crippen LogP contribution in [-0.2, 0) is 0 Å². The van der Waals surface area contributed by atoms with E-state index >= 15 is 0 Å². The Balaban J connectivity index is 1.41. The summed E-state index contributed by atoms with van der Waals surface area (Å²) in [6.07, 6.45) is 3.46. The van der Waals surface area contributed by atoms with E-state index in [4.69, 9.17) is 23.2 Å². The number of β-amino-alcohol motifs (C(OH)–C–C–N with tert-alkyl or cyclic N) is 1. The summed E-state index contributed by atoms with van der Waals surface area (Å²) in [7, 11) is 0. The minimum absolute atomic E-state index is 0.0481. The van der Waals surface area contributed by atoms with E-state index in [0.717, 1.165) is 18.5 Å². The minimum Gasteiger partial charge on any atom is -0.390 e. The highest BCUT2D eigenvalue weighted by Crippen LogP contribution is 2.37. The molecule has 1 aliphatic heterocycles. The molecule has 1 fully saturated rings. The highest BCUT2D eigenvalue weighted by Gasteiger charge is 2.27. The van der Waals surface area contributed by atoms with Crippen LogP contribution in [0.15, 0.2) is 73.1 Å². The zero-order valence-electron chi connectivity index (χ0n) is 22.1. The van der Waals surface area contributed by atoms with Gasteiger partial charge in [0.1, 0.15) is 17.6 Å². The summed E-state index contributed by atoms with van der Waals surface area (Å²) in [5.41, 5.74) is 3.96. The first-order valence-electron chi connectivity index (χ1n) is 13.3. The van der Waals surface area contributed by atoms with Gasteiger partial charge in [-0.3, -0.25) is 4.98 Å². The maximum atomic E-state index is 13.8. The van der Waals surface area contributed by atoms with Crippen LogP contribution in [-0.4, -0.2) is 44.3 Å². The Labute approximate surface area is 250 Å². The molecule has 0 bridgehead atoms. The molecule has 6 rings (SSSR count). The average molecular weight is 603 g/mol. The quantitative estimate of drug-likeness (QED) is 0.179. The van der Waals surface area contributed by atoms with Gasteiger partial charge in [-0.05, 0) is 48.9 Å². The highest BCUT2D eigenvalue weighted by atomic mass is 35.5. The van der Waals surface area contributed by atoms with Gasteiger partial charge in [0.05, 0.1) is 51.2 Å². The van der Waals surface area contributed by atoms with Gasteiger partial charge < -0.3 is 21.1 Å². The van der Waals surface area contributed by atoms with E-state index in [2.05, 4.69) is 37.3 Å². The van der Waals surface area contributed by atoms with Crippen molar-refractivity contribution in [1.29, 1.82) is 5.26 Å². The lowest BCUT2D eigenvalue weighted by atomic mass is 10.0. The second-order valence-electron chi connectivity index (χ2n) is 10.0. The van der Waals surface area contributed by atoms with E-state index in [1.54, 1.807) is 10.7 Å². The van der Waals surface area contributed by atoms with E-state index in [1.165, 1.54) is 24.4 Å². The van der Waals surface area contributed by atoms with Crippen molar-refractivity contribution >= 4 is 51.2 Å². The monoisotopic (exact) mass is 602 g/mol. The number of aliphatic hydroxyl groups excluding tert-OH is 1. The number of aliphatic hydroxyl groups is 1. The molecule has 5 aromatic rings. The number of anilines is 3. The van der Waals surface area contributed by atoms with Crippen LogP contribution in [0.3, 0.4) is 0 Å². The second-order valence-corrected chi connectivity index (χ2v) is 10.8. The number of fused-ring (bicyclic) bond motifs is 1. The predicted molar refractivity (Wildman–Crippen MR) is 161 cm³/mol. The molecule has 0 unspecified atom stereocenters. The molecule has 4 N–H and O–H groups in total. The first-order valence-corrected chi connectivity index (χ1v) is 14.0. The van der Waals surface area contributed by atoms with Crippen molar-refractivity contribution in [1.82, 2.24) is 25.3 Å². The molecule has 12 heteroatoms. The fourth-order valence-corrected chi connectivity index (χ4v) is 5.59. The molecule has 0 saturated carbocycles. The van der Waals surface area contributed by atoms with Gasteiger partial charge in [-0.1, -0.05) is 58.7 Å². The molecule has 1 saturated heterocycles. The van der Waals surface area contributed by atoms with Gasteiger partial charge in [0.15, 0.2) is 0 Å². The smallest absolute Gasteiger partial charge is 0.141 e. The Morgan fingerprint density at radius 1 is 1.10 bits per heavy atom. The number of nitriles is 1. The third-order valence-electron chi connectivity index (χ3n) is 7.26. The molecule has 3 atom stereocenters. The lowest BCUT2D eigenvalue weighted by molar-refractivity contribution is 0.0800. The number of aromatic nitrogens is 4. The zero-order chi connectivity index (χ0) is 29.2. The number of nitrogens with zero attached hydrogens (tertiary/aromatic N) is 5. The van der Waals surface area contributed by atoms with Crippen molar-refractivity contribution in [2.24, 2.45) is 0 Å². The number of piperidine rings is 1. The van der Waals surface area contributed by atoms with E-state index in [0.29, 0.717) is 45.2 Å². The molecule has 212 valence electrons. The van der Waals surface area contributed by atoms with Crippen LogP contribution in [0.2, 0.25) is 10.0 Å². The molecule has 9 nitrogen and oxygen atoms in total. The topological polar surface area (TPSA) is 124 Å². The van der Waals surface area contributed by atoms with Gasteiger partial charge in [-0.2, -0.15) is 5.26 Å². The summed E-state index contributed by atoms with van der Waals surface area (Å²) in [4.78, 5) is 4.42. The van der Waals surface area contributed by atoms with Gasteiger partial charge in [0, 0.05) is 29.5 Å². The lowest BCUT2D eigenvalue weighted by Gasteiger charge is -2.28. The lowest BCUT2D eigenvalue weighted by Crippen LogP contribution is -2.41. The molecular formula is C30H25Cl2FN8O. The average Bonchev–Trinajstić information content (AvgIpc) is 3.48. The summed E-state index contributed by atoms with van der Waals surface area (Å²) in [6.45, 7) is 1.28. The number of nitrogens with one attached hydrogen (secondary N) is 3. The number of hydrogen-bond acceptors (Lipinski definition) is 8. The SMILES string of the molecule is N#Cc1cnc2c(Cl)cc(N[C@@H](c3ccccc3)c3cn([C@@H]4CCNC[C@H]4O)nn3)cc2c1Nc1ccc(F)c(Cl)c1. The Hall–Kier alpha value is -4.27. The number of benzene rings is 3. The summed E-state index contributed by atoms with van der Waals surface area (Å²) in [5.74, 6) is -0.546. The maximum absolute atomic E-state index is 13.8. The molecule has 0 radical (unpaired) electrons. The summed E-state index contributed by atoms with van der Waals surface area (Å²) >= 11 is 12.7. The Kier molecular flexibility index (Phi) is 7.91. The van der Waals surface area contributed by atoms with Crippen molar-refractivity contribution in [3.8, 4) is 6.07 Å². The van der Waals surface area contributed by atoms with Gasteiger partial charge in [0.2, 0.25) is 0 Å². The van der Waals surface area contributed by atoms with Crippen molar-refractivity contribution in [2.45, 2.75) is 24.6 Å². The van der Waals surface area contributed by atoms with Crippen LogP contribution < -0.4 is 16.0 Å². The highest BCUT2D eigenvalue weighted by molar-refractivity contribution is 6.36. The number of hydrogen-bond donors (Lipinski definition) is 4. The zero-order valence-corrected chi connectivity index (χ0v) is 23.6. The van der Waals surface area contributed by atoms with Crippen LogP contribution in [0.25, 0.3) is 10.9 Å². The molecule has 0 amide bonds. The third kappa shape index (κ3) is 5.60. The van der Waals surface area contributed by atoms with E-state index < -0.39 is 18.0 Å². The largest absolute Gasteiger partial charge is 0.390 e. The fraction of sp³-hybridized carbons (Fsp3) is 0.200. The maximum Gasteiger partial charge on any atom is 0.141 e. The van der Waals surface area contributed by atoms with E-state index in [-0.39, 0.29) is 16.6 Å². The van der Waals surface area contributed by atoms with E-state index in [9.17, 15) is 14.8 Å². The molecule has 1 aliphatic rings. The first kappa shape index (κ1) is 27.9. The molecule has 3 aromatic carbocycles. The van der Waals surface area contributed by atoms with Gasteiger partial charge in [-0.25, -0.2) is 9.07 Å². The normalized spacial score (nSPS) is 17.5. The van der Waals surface area contributed by atoms with Crippen LogP contribution in [0.1, 0.15) is 35.3 Å². The summed E-state index contributed by atoms with van der Waals surface area (Å²) in [6, 6.07) is 19.2. The summed E-state index contributed by atoms with van der Waals surface area (Å²) < 4.78 is 15.5. The second kappa shape index (κ2) is 11.9. The van der Waals surface area contributed by atoms with Crippen LogP contribution in [0, 0.1) is 17.1 Å². The van der Waals surface area contributed by atoms with Crippen molar-refractivity contribution in [3.63, 3.8) is 0 Å². The molecule has 0 spiro atoms. The third-order valence-corrected chi connectivity index (χ3v) is 7.83. The van der Waals surface area contributed by atoms with E-state index in [1.807, 2.05) is 42.6 Å². The number of rotatable bonds is 7. The van der Waals surface area contributed by atoms with Crippen LogP contribution in [0.5, 0.6) is 0 Å². The van der Waals surface area contributed by atoms with Crippen LogP contribution in [0.4, 0.5) is 21.5 Å². The van der Waals surface area contributed by atoms with Gasteiger partial charge in [0.25, 0.3) is 0 Å². The standard InChI is InChI=1S/C30H25Cl2FN8O/c31-22-11-19(6-7-24(22)33)37-28-18(13-34)14-36-30-21(28)10-20(12-23(30)32)38-29(17-4-2-1-3-5-17)25-16-41(40-39-25)26-8-9-35-15-27(26)42/h1-7,10-12,14,16,26-27,29,35,38,42H,8-9,15H2,(H,36,37)/t26-,27-,29+/m1/s1. The molecule has 0 aliphatic carbocycles. The Morgan fingerprint density at radius 2 is 1.90 bits per heavy atom. The summed E-state index contributed by atoms with van der Waals surface area (Å²) in [5, 5.41) is 40.0. The van der Waals surface area contributed by atoms with Crippen molar-refractivity contribution in [3.05, 3.63) is 106 Å². The van der Waals surface area contributed by atoms with Crippen molar-refractivity contribution in [2.75, 3.05) is 23.7 Å². The minimum atomic E-state index is -0.570. The fourth-order valence-electron chi connectivity index (χ4n) is 5.14. The Morgan fingerprint density at radius 3 is 2.67 bits per heavy atom. The van der Waals surface area contributed by atoms with Gasteiger partial charge >= 0.3 is 0 Å². The molecular weight excluding hydrogens is 578 g/mol. The van der Waals surface area contributed by atoms with Crippen LogP contribution >= 0.6 is 23.2 Å².